The average Bonchev–Trinajstić information content (AvgIpc) is 2.68. The molecule has 0 spiro atoms. The maximum atomic E-state index is 12.7. The summed E-state index contributed by atoms with van der Waals surface area (Å²) in [5.74, 6) is -0.813. The highest BCUT2D eigenvalue weighted by Crippen LogP contribution is 2.24. The van der Waals surface area contributed by atoms with Crippen LogP contribution in [-0.4, -0.2) is 41.8 Å². The molecule has 1 aliphatic rings. The molecular formula is C18H23N3O3. The molecule has 0 unspecified atom stereocenters. The Labute approximate surface area is 141 Å². The summed E-state index contributed by atoms with van der Waals surface area (Å²) < 4.78 is 0. The largest absolute Gasteiger partial charge is 0.345 e. The molecule has 128 valence electrons. The van der Waals surface area contributed by atoms with Gasteiger partial charge in [-0.1, -0.05) is 42.5 Å². The lowest BCUT2D eigenvalue weighted by Gasteiger charge is -2.28. The SMILES string of the molecule is CC(=O)N[C@@H](C)C(=O)N[C@H]1CC=C[C@H](c2ccccc2)N(C)C1=O. The average molecular weight is 329 g/mol. The Balaban J connectivity index is 2.08. The standard InChI is InChI=1S/C18H23N3O3/c1-12(19-13(2)22)17(23)20-15-10-7-11-16(21(3)18(15)24)14-8-5-4-6-9-14/h4-9,11-12,15-16H,10H2,1-3H3,(H,19,22)(H,20,23)/t12-,15-,16+/m0/s1. The minimum absolute atomic E-state index is 0.155. The van der Waals surface area contributed by atoms with Gasteiger partial charge in [-0.15, -0.1) is 0 Å². The van der Waals surface area contributed by atoms with E-state index in [1.807, 2.05) is 42.5 Å². The Morgan fingerprint density at radius 1 is 1.25 bits per heavy atom. The number of likely N-dealkylation sites (N-methyl/N-ethyl adjacent to an activating group) is 1. The van der Waals surface area contributed by atoms with Crippen molar-refractivity contribution in [1.82, 2.24) is 15.5 Å². The smallest absolute Gasteiger partial charge is 0.245 e. The lowest BCUT2D eigenvalue weighted by atomic mass is 10.1. The Morgan fingerprint density at radius 3 is 2.54 bits per heavy atom. The van der Waals surface area contributed by atoms with Gasteiger partial charge in [0.05, 0.1) is 6.04 Å². The fraction of sp³-hybridized carbons (Fsp3) is 0.389. The van der Waals surface area contributed by atoms with Crippen molar-refractivity contribution < 1.29 is 14.4 Å². The van der Waals surface area contributed by atoms with Crippen molar-refractivity contribution in [3.05, 3.63) is 48.0 Å². The van der Waals surface area contributed by atoms with Gasteiger partial charge in [0, 0.05) is 14.0 Å². The second kappa shape index (κ2) is 7.77. The molecule has 2 rings (SSSR count). The van der Waals surface area contributed by atoms with Crippen LogP contribution in [0.4, 0.5) is 0 Å². The van der Waals surface area contributed by atoms with E-state index in [0.717, 1.165) is 5.56 Å². The van der Waals surface area contributed by atoms with Crippen LogP contribution in [0.15, 0.2) is 42.5 Å². The van der Waals surface area contributed by atoms with E-state index in [2.05, 4.69) is 10.6 Å². The molecule has 24 heavy (non-hydrogen) atoms. The van der Waals surface area contributed by atoms with Crippen molar-refractivity contribution in [3.63, 3.8) is 0 Å². The number of hydrogen-bond donors (Lipinski definition) is 2. The number of carbonyl (C=O) groups excluding carboxylic acids is 3. The van der Waals surface area contributed by atoms with E-state index in [-0.39, 0.29) is 23.8 Å². The molecule has 0 aliphatic carbocycles. The van der Waals surface area contributed by atoms with Crippen molar-refractivity contribution in [2.24, 2.45) is 0 Å². The van der Waals surface area contributed by atoms with Crippen molar-refractivity contribution in [3.8, 4) is 0 Å². The van der Waals surface area contributed by atoms with Crippen molar-refractivity contribution in [2.45, 2.75) is 38.4 Å². The summed E-state index contributed by atoms with van der Waals surface area (Å²) in [6, 6.07) is 8.25. The monoisotopic (exact) mass is 329 g/mol. The zero-order chi connectivity index (χ0) is 17.7. The van der Waals surface area contributed by atoms with Crippen LogP contribution < -0.4 is 10.6 Å². The van der Waals surface area contributed by atoms with Gasteiger partial charge in [0.1, 0.15) is 12.1 Å². The summed E-state index contributed by atoms with van der Waals surface area (Å²) in [5.41, 5.74) is 1.02. The predicted molar refractivity (Wildman–Crippen MR) is 90.9 cm³/mol. The molecule has 2 N–H and O–H groups in total. The van der Waals surface area contributed by atoms with Crippen LogP contribution in [0, 0.1) is 0 Å². The molecule has 0 bridgehead atoms. The Hall–Kier alpha value is -2.63. The summed E-state index contributed by atoms with van der Waals surface area (Å²) in [5, 5.41) is 5.23. The fourth-order valence-corrected chi connectivity index (χ4v) is 2.73. The quantitative estimate of drug-likeness (QED) is 0.814. The maximum absolute atomic E-state index is 12.7. The summed E-state index contributed by atoms with van der Waals surface area (Å²) in [4.78, 5) is 37.5. The van der Waals surface area contributed by atoms with Crippen LogP contribution >= 0.6 is 0 Å². The second-order valence-corrected chi connectivity index (χ2v) is 5.95. The van der Waals surface area contributed by atoms with Crippen molar-refractivity contribution in [1.29, 1.82) is 0 Å². The number of rotatable bonds is 4. The summed E-state index contributed by atoms with van der Waals surface area (Å²) in [6.45, 7) is 2.94. The predicted octanol–water partition coefficient (Wildman–Crippen LogP) is 1.16. The summed E-state index contributed by atoms with van der Waals surface area (Å²) >= 11 is 0. The van der Waals surface area contributed by atoms with Crippen molar-refractivity contribution >= 4 is 17.7 Å². The van der Waals surface area contributed by atoms with Gasteiger partial charge < -0.3 is 15.5 Å². The van der Waals surface area contributed by atoms with E-state index in [4.69, 9.17) is 0 Å². The molecule has 1 heterocycles. The highest BCUT2D eigenvalue weighted by atomic mass is 16.2. The Kier molecular flexibility index (Phi) is 5.73. The summed E-state index contributed by atoms with van der Waals surface area (Å²) in [7, 11) is 1.73. The van der Waals surface area contributed by atoms with Crippen LogP contribution in [0.2, 0.25) is 0 Å². The van der Waals surface area contributed by atoms with E-state index < -0.39 is 12.1 Å². The first-order valence-corrected chi connectivity index (χ1v) is 7.96. The normalized spacial score (nSPS) is 21.8. The number of hydrogen-bond acceptors (Lipinski definition) is 3. The van der Waals surface area contributed by atoms with Crippen LogP contribution in [0.1, 0.15) is 31.9 Å². The molecule has 0 fully saturated rings. The molecule has 0 saturated carbocycles. The van der Waals surface area contributed by atoms with Crippen molar-refractivity contribution in [2.75, 3.05) is 7.05 Å². The van der Waals surface area contributed by atoms with Gasteiger partial charge in [-0.05, 0) is 18.9 Å². The van der Waals surface area contributed by atoms with Gasteiger partial charge in [-0.25, -0.2) is 0 Å². The van der Waals surface area contributed by atoms with Gasteiger partial charge in [-0.2, -0.15) is 0 Å². The van der Waals surface area contributed by atoms with Crippen LogP contribution in [0.5, 0.6) is 0 Å². The third-order valence-corrected chi connectivity index (χ3v) is 4.02. The molecule has 0 saturated heterocycles. The van der Waals surface area contributed by atoms with E-state index >= 15 is 0 Å². The van der Waals surface area contributed by atoms with E-state index in [1.165, 1.54) is 6.92 Å². The van der Waals surface area contributed by atoms with Gasteiger partial charge in [0.25, 0.3) is 0 Å². The molecular weight excluding hydrogens is 306 g/mol. The van der Waals surface area contributed by atoms with E-state index in [0.29, 0.717) is 6.42 Å². The molecule has 3 atom stereocenters. The highest BCUT2D eigenvalue weighted by molar-refractivity contribution is 5.92. The lowest BCUT2D eigenvalue weighted by Crippen LogP contribution is -2.52. The topological polar surface area (TPSA) is 78.5 Å². The van der Waals surface area contributed by atoms with Crippen LogP contribution in [0.3, 0.4) is 0 Å². The molecule has 1 aliphatic heterocycles. The number of nitrogens with one attached hydrogen (secondary N) is 2. The number of benzene rings is 1. The van der Waals surface area contributed by atoms with E-state index in [9.17, 15) is 14.4 Å². The van der Waals surface area contributed by atoms with Gasteiger partial charge in [0.15, 0.2) is 0 Å². The second-order valence-electron chi connectivity index (χ2n) is 5.95. The first-order chi connectivity index (χ1) is 11.4. The minimum atomic E-state index is -0.683. The Bertz CT molecular complexity index is 642. The maximum Gasteiger partial charge on any atom is 0.245 e. The van der Waals surface area contributed by atoms with Gasteiger partial charge >= 0.3 is 0 Å². The number of amides is 3. The number of nitrogens with zero attached hydrogens (tertiary/aromatic N) is 1. The van der Waals surface area contributed by atoms with E-state index in [1.54, 1.807) is 18.9 Å². The van der Waals surface area contributed by atoms with Crippen LogP contribution in [-0.2, 0) is 14.4 Å². The zero-order valence-corrected chi connectivity index (χ0v) is 14.2. The third-order valence-electron chi connectivity index (χ3n) is 4.02. The third kappa shape index (κ3) is 4.22. The molecule has 0 aromatic heterocycles. The minimum Gasteiger partial charge on any atom is -0.345 e. The van der Waals surface area contributed by atoms with Gasteiger partial charge in [0.2, 0.25) is 17.7 Å². The Morgan fingerprint density at radius 2 is 1.92 bits per heavy atom. The lowest BCUT2D eigenvalue weighted by molar-refractivity contribution is -0.136. The van der Waals surface area contributed by atoms with Crippen LogP contribution in [0.25, 0.3) is 0 Å². The first-order valence-electron chi connectivity index (χ1n) is 7.96. The van der Waals surface area contributed by atoms with Gasteiger partial charge in [-0.3, -0.25) is 14.4 Å². The molecule has 3 amide bonds. The molecule has 6 nitrogen and oxygen atoms in total. The zero-order valence-electron chi connectivity index (χ0n) is 14.2. The highest BCUT2D eigenvalue weighted by Gasteiger charge is 2.30. The fourth-order valence-electron chi connectivity index (χ4n) is 2.73. The molecule has 6 heteroatoms. The molecule has 1 aromatic rings. The molecule has 0 radical (unpaired) electrons. The molecule has 1 aromatic carbocycles. The summed E-state index contributed by atoms with van der Waals surface area (Å²) in [6.07, 6.45) is 4.30. The number of carbonyl (C=O) groups is 3. The first kappa shape index (κ1) is 17.7.